The van der Waals surface area contributed by atoms with Crippen molar-refractivity contribution >= 4 is 5.97 Å². The fourth-order valence-electron chi connectivity index (χ4n) is 2.67. The topological polar surface area (TPSA) is 49.8 Å². The number of likely N-dealkylation sites (tertiary alicyclic amines) is 1. The van der Waals surface area contributed by atoms with Gasteiger partial charge in [0.05, 0.1) is 0 Å². The largest absolute Gasteiger partial charge is 0.491 e. The van der Waals surface area contributed by atoms with Gasteiger partial charge in [0.25, 0.3) is 0 Å². The first-order valence-corrected chi connectivity index (χ1v) is 6.80. The summed E-state index contributed by atoms with van der Waals surface area (Å²) >= 11 is 0. The van der Waals surface area contributed by atoms with Crippen LogP contribution in [-0.4, -0.2) is 41.2 Å². The fraction of sp³-hybridized carbons (Fsp3) is 0.533. The van der Waals surface area contributed by atoms with Crippen molar-refractivity contribution < 1.29 is 14.6 Å². The minimum Gasteiger partial charge on any atom is -0.491 e. The second-order valence-electron chi connectivity index (χ2n) is 5.24. The molecule has 4 nitrogen and oxygen atoms in total. The van der Waals surface area contributed by atoms with Crippen LogP contribution in [-0.2, 0) is 0 Å². The van der Waals surface area contributed by atoms with Gasteiger partial charge in [-0.05, 0) is 45.4 Å². The molecule has 0 spiro atoms. The van der Waals surface area contributed by atoms with E-state index in [0.717, 1.165) is 13.0 Å². The zero-order valence-corrected chi connectivity index (χ0v) is 11.5. The summed E-state index contributed by atoms with van der Waals surface area (Å²) in [5.74, 6) is -0.478. The Labute approximate surface area is 114 Å². The molecule has 2 rings (SSSR count). The van der Waals surface area contributed by atoms with Gasteiger partial charge in [0.15, 0.2) is 0 Å². The molecule has 1 aliphatic rings. The average molecular weight is 263 g/mol. The number of hydrogen-bond donors (Lipinski definition) is 1. The molecule has 1 aromatic rings. The van der Waals surface area contributed by atoms with Crippen LogP contribution in [0, 0.1) is 0 Å². The minimum atomic E-state index is -0.942. The monoisotopic (exact) mass is 263 g/mol. The number of para-hydroxylation sites is 1. The lowest BCUT2D eigenvalue weighted by Crippen LogP contribution is -2.39. The minimum absolute atomic E-state index is 0.233. The summed E-state index contributed by atoms with van der Waals surface area (Å²) in [7, 11) is 0. The van der Waals surface area contributed by atoms with Gasteiger partial charge < -0.3 is 9.84 Å². The van der Waals surface area contributed by atoms with Crippen molar-refractivity contribution in [1.29, 1.82) is 0 Å². The van der Waals surface area contributed by atoms with Crippen LogP contribution in [0.1, 0.15) is 37.0 Å². The van der Waals surface area contributed by atoms with E-state index in [1.165, 1.54) is 6.42 Å². The van der Waals surface area contributed by atoms with Crippen molar-refractivity contribution in [2.75, 3.05) is 13.2 Å². The van der Waals surface area contributed by atoms with Crippen LogP contribution in [0.5, 0.6) is 5.75 Å². The maximum Gasteiger partial charge on any atom is 0.339 e. The Balaban J connectivity index is 2.01. The molecule has 1 saturated heterocycles. The summed E-state index contributed by atoms with van der Waals surface area (Å²) in [5.41, 5.74) is 0.233. The van der Waals surface area contributed by atoms with Gasteiger partial charge in [-0.3, -0.25) is 4.90 Å². The number of hydrogen-bond acceptors (Lipinski definition) is 3. The van der Waals surface area contributed by atoms with Gasteiger partial charge in [-0.2, -0.15) is 0 Å². The predicted molar refractivity (Wildman–Crippen MR) is 73.8 cm³/mol. The number of carboxylic acid groups (broad SMARTS) is 1. The number of ether oxygens (including phenoxy) is 1. The second kappa shape index (κ2) is 6.06. The van der Waals surface area contributed by atoms with Crippen LogP contribution >= 0.6 is 0 Å². The predicted octanol–water partition coefficient (Wildman–Crippen LogP) is 2.64. The first-order valence-electron chi connectivity index (χ1n) is 6.80. The van der Waals surface area contributed by atoms with Crippen molar-refractivity contribution in [3.8, 4) is 5.75 Å². The molecule has 0 bridgehead atoms. The fourth-order valence-corrected chi connectivity index (χ4v) is 2.67. The third-order valence-corrected chi connectivity index (χ3v) is 3.63. The molecule has 0 saturated carbocycles. The van der Waals surface area contributed by atoms with E-state index in [1.54, 1.807) is 24.3 Å². The highest BCUT2D eigenvalue weighted by molar-refractivity contribution is 5.90. The lowest BCUT2D eigenvalue weighted by Gasteiger charge is -2.28. The van der Waals surface area contributed by atoms with Crippen LogP contribution in [0.2, 0.25) is 0 Å². The van der Waals surface area contributed by atoms with E-state index in [1.807, 2.05) is 0 Å². The molecule has 1 heterocycles. The van der Waals surface area contributed by atoms with Crippen molar-refractivity contribution in [2.45, 2.75) is 38.8 Å². The van der Waals surface area contributed by atoms with E-state index in [9.17, 15) is 4.79 Å². The molecule has 1 aromatic carbocycles. The van der Waals surface area contributed by atoms with Crippen molar-refractivity contribution in [3.63, 3.8) is 0 Å². The van der Waals surface area contributed by atoms with E-state index in [0.29, 0.717) is 24.4 Å². The molecule has 19 heavy (non-hydrogen) atoms. The normalized spacial score (nSPS) is 19.8. The van der Waals surface area contributed by atoms with Gasteiger partial charge in [-0.15, -0.1) is 0 Å². The molecule has 0 aromatic heterocycles. The van der Waals surface area contributed by atoms with Crippen LogP contribution in [0.25, 0.3) is 0 Å². The Morgan fingerprint density at radius 2 is 2.21 bits per heavy atom. The van der Waals surface area contributed by atoms with E-state index in [-0.39, 0.29) is 5.56 Å². The summed E-state index contributed by atoms with van der Waals surface area (Å²) in [6.45, 7) is 6.03. The first kappa shape index (κ1) is 13.9. The molecule has 1 aliphatic heterocycles. The lowest BCUT2D eigenvalue weighted by atomic mass is 10.2. The Morgan fingerprint density at radius 1 is 1.47 bits per heavy atom. The van der Waals surface area contributed by atoms with Crippen molar-refractivity contribution in [1.82, 2.24) is 4.90 Å². The van der Waals surface area contributed by atoms with Gasteiger partial charge in [0, 0.05) is 12.1 Å². The van der Waals surface area contributed by atoms with Crippen LogP contribution in [0.4, 0.5) is 0 Å². The quantitative estimate of drug-likeness (QED) is 0.887. The van der Waals surface area contributed by atoms with E-state index in [2.05, 4.69) is 18.7 Å². The molecular formula is C15H21NO3. The number of benzene rings is 1. The Bertz CT molecular complexity index is 445. The molecule has 1 fully saturated rings. The summed E-state index contributed by atoms with van der Waals surface area (Å²) in [4.78, 5) is 13.5. The van der Waals surface area contributed by atoms with Crippen LogP contribution < -0.4 is 4.74 Å². The molecule has 1 atom stereocenters. The summed E-state index contributed by atoms with van der Waals surface area (Å²) in [5, 5.41) is 9.11. The van der Waals surface area contributed by atoms with Gasteiger partial charge in [-0.25, -0.2) is 4.79 Å². The SMILES string of the molecule is CC(C)N1CCC[C@H]1COc1ccccc1C(=O)O. The number of aromatic carboxylic acids is 1. The Hall–Kier alpha value is -1.55. The second-order valence-corrected chi connectivity index (χ2v) is 5.24. The molecule has 0 amide bonds. The lowest BCUT2D eigenvalue weighted by molar-refractivity contribution is 0.0689. The molecule has 1 N–H and O–H groups in total. The molecular weight excluding hydrogens is 242 g/mol. The first-order chi connectivity index (χ1) is 9.09. The van der Waals surface area contributed by atoms with Crippen molar-refractivity contribution in [2.24, 2.45) is 0 Å². The van der Waals surface area contributed by atoms with E-state index >= 15 is 0 Å². The van der Waals surface area contributed by atoms with E-state index < -0.39 is 5.97 Å². The maximum atomic E-state index is 11.1. The highest BCUT2D eigenvalue weighted by Crippen LogP contribution is 2.23. The molecule has 0 aliphatic carbocycles. The summed E-state index contributed by atoms with van der Waals surface area (Å²) in [6, 6.07) is 7.71. The number of nitrogens with zero attached hydrogens (tertiary/aromatic N) is 1. The zero-order chi connectivity index (χ0) is 13.8. The molecule has 104 valence electrons. The van der Waals surface area contributed by atoms with Gasteiger partial charge in [-0.1, -0.05) is 12.1 Å². The maximum absolute atomic E-state index is 11.1. The Morgan fingerprint density at radius 3 is 2.89 bits per heavy atom. The van der Waals surface area contributed by atoms with Crippen LogP contribution in [0.15, 0.2) is 24.3 Å². The molecule has 0 radical (unpaired) electrons. The highest BCUT2D eigenvalue weighted by Gasteiger charge is 2.27. The van der Waals surface area contributed by atoms with Gasteiger partial charge >= 0.3 is 5.97 Å². The molecule has 4 heteroatoms. The van der Waals surface area contributed by atoms with E-state index in [4.69, 9.17) is 9.84 Å². The summed E-state index contributed by atoms with van der Waals surface area (Å²) in [6.07, 6.45) is 2.31. The third-order valence-electron chi connectivity index (χ3n) is 3.63. The van der Waals surface area contributed by atoms with Gasteiger partial charge in [0.2, 0.25) is 0 Å². The summed E-state index contributed by atoms with van der Waals surface area (Å²) < 4.78 is 5.74. The third kappa shape index (κ3) is 3.26. The number of rotatable bonds is 5. The van der Waals surface area contributed by atoms with Gasteiger partial charge in [0.1, 0.15) is 17.9 Å². The number of carbonyl (C=O) groups is 1. The zero-order valence-electron chi connectivity index (χ0n) is 11.5. The highest BCUT2D eigenvalue weighted by atomic mass is 16.5. The molecule has 0 unspecified atom stereocenters. The number of carboxylic acids is 1. The smallest absolute Gasteiger partial charge is 0.339 e. The van der Waals surface area contributed by atoms with Crippen molar-refractivity contribution in [3.05, 3.63) is 29.8 Å². The Kier molecular flexibility index (Phi) is 4.43. The average Bonchev–Trinajstić information content (AvgIpc) is 2.85. The van der Waals surface area contributed by atoms with Crippen LogP contribution in [0.3, 0.4) is 0 Å². The standard InChI is InChI=1S/C15H21NO3/c1-11(2)16-9-5-6-12(16)10-19-14-8-4-3-7-13(14)15(17)18/h3-4,7-8,11-12H,5-6,9-10H2,1-2H3,(H,17,18)/t12-/m0/s1.